The lowest BCUT2D eigenvalue weighted by Gasteiger charge is -2.38. The highest BCUT2D eigenvalue weighted by atomic mass is 28.3. The summed E-state index contributed by atoms with van der Waals surface area (Å²) in [5, 5.41) is 0. The number of benzene rings is 1. The number of rotatable bonds is 16. The van der Waals surface area contributed by atoms with Crippen LogP contribution in [0.4, 0.5) is 0 Å². The molecule has 0 heterocycles. The van der Waals surface area contributed by atoms with Crippen LogP contribution in [-0.2, 0) is 0 Å². The van der Waals surface area contributed by atoms with E-state index in [0.717, 1.165) is 29.9 Å². The first-order chi connectivity index (χ1) is 19.3. The fourth-order valence-corrected chi connectivity index (χ4v) is 17.9. The molecule has 0 saturated carbocycles. The van der Waals surface area contributed by atoms with Gasteiger partial charge in [0.25, 0.3) is 0 Å². The van der Waals surface area contributed by atoms with Gasteiger partial charge in [0.1, 0.15) is 21.9 Å². The predicted molar refractivity (Wildman–Crippen MR) is 190 cm³/mol. The van der Waals surface area contributed by atoms with Crippen LogP contribution in [0.1, 0.15) is 153 Å². The standard InChI is InChI=1S/C38H66OSi2/c1-14-15-16-17-18-19-20-21-26-39-38-23-22-36(24-27-40(30(2)3,31(4)5)32(6)7)29-37(38)25-28-41(33(8)9,34(10)11)35(12)13/h22-23,29-35H,14-21,26H2,1-13H3. The van der Waals surface area contributed by atoms with Crippen LogP contribution in [0.2, 0.25) is 33.2 Å². The number of unbranched alkanes of at least 4 members (excludes halogenated alkanes) is 7. The lowest BCUT2D eigenvalue weighted by atomic mass is 10.1. The van der Waals surface area contributed by atoms with Gasteiger partial charge in [0, 0.05) is 5.56 Å². The molecule has 0 aromatic heterocycles. The van der Waals surface area contributed by atoms with Crippen LogP contribution in [0, 0.1) is 22.9 Å². The molecule has 0 aliphatic rings. The van der Waals surface area contributed by atoms with Gasteiger partial charge in [-0.3, -0.25) is 0 Å². The molecule has 1 nitrogen and oxygen atoms in total. The van der Waals surface area contributed by atoms with Crippen molar-refractivity contribution in [1.29, 1.82) is 0 Å². The van der Waals surface area contributed by atoms with Crippen LogP contribution in [0.5, 0.6) is 5.75 Å². The van der Waals surface area contributed by atoms with Gasteiger partial charge in [0.05, 0.1) is 12.2 Å². The molecule has 3 heteroatoms. The van der Waals surface area contributed by atoms with Crippen LogP contribution in [0.3, 0.4) is 0 Å². The van der Waals surface area contributed by atoms with Gasteiger partial charge in [-0.2, -0.15) is 0 Å². The topological polar surface area (TPSA) is 9.23 Å². The monoisotopic (exact) mass is 594 g/mol. The lowest BCUT2D eigenvalue weighted by Crippen LogP contribution is -2.43. The molecule has 0 aliphatic heterocycles. The molecular formula is C38H66OSi2. The van der Waals surface area contributed by atoms with E-state index in [0.29, 0.717) is 33.2 Å². The second-order valence-corrected chi connectivity index (χ2v) is 25.5. The first-order valence-electron chi connectivity index (χ1n) is 17.1. The average molecular weight is 595 g/mol. The summed E-state index contributed by atoms with van der Waals surface area (Å²) in [5.41, 5.74) is 13.7. The second kappa shape index (κ2) is 18.3. The van der Waals surface area contributed by atoms with Crippen LogP contribution < -0.4 is 4.74 Å². The minimum absolute atomic E-state index is 0.606. The van der Waals surface area contributed by atoms with Gasteiger partial charge in [-0.25, -0.2) is 0 Å². The molecule has 1 aromatic carbocycles. The van der Waals surface area contributed by atoms with Crippen molar-refractivity contribution in [3.63, 3.8) is 0 Å². The van der Waals surface area contributed by atoms with E-state index in [2.05, 4.69) is 131 Å². The van der Waals surface area contributed by atoms with Crippen molar-refractivity contribution in [2.24, 2.45) is 0 Å². The minimum Gasteiger partial charge on any atom is -0.492 e. The smallest absolute Gasteiger partial charge is 0.146 e. The zero-order chi connectivity index (χ0) is 31.2. The van der Waals surface area contributed by atoms with Crippen LogP contribution in [-0.4, -0.2) is 22.8 Å². The molecule has 1 aromatic rings. The van der Waals surface area contributed by atoms with Crippen molar-refractivity contribution in [2.75, 3.05) is 6.61 Å². The van der Waals surface area contributed by atoms with E-state index in [-0.39, 0.29) is 0 Å². The molecule has 0 bridgehead atoms. The SMILES string of the molecule is CCCCCCCCCCOc1ccc(C#C[Si](C(C)C)(C(C)C)C(C)C)cc1C#C[Si](C(C)C)(C(C)C)C(C)C. The van der Waals surface area contributed by atoms with Gasteiger partial charge in [-0.05, 0) is 57.9 Å². The van der Waals surface area contributed by atoms with Crippen LogP contribution in [0.25, 0.3) is 0 Å². The first kappa shape index (κ1) is 37.6. The highest BCUT2D eigenvalue weighted by Gasteiger charge is 2.42. The van der Waals surface area contributed by atoms with Gasteiger partial charge in [-0.1, -0.05) is 147 Å². The van der Waals surface area contributed by atoms with E-state index < -0.39 is 16.1 Å². The molecule has 232 valence electrons. The summed E-state index contributed by atoms with van der Waals surface area (Å²) in [6.07, 6.45) is 10.5. The Hall–Kier alpha value is -1.43. The Labute approximate surface area is 259 Å². The third-order valence-electron chi connectivity index (χ3n) is 9.80. The Balaban J connectivity index is 3.39. The first-order valence-corrected chi connectivity index (χ1v) is 21.6. The Bertz CT molecular complexity index is 967. The third kappa shape index (κ3) is 10.4. The molecule has 0 saturated heterocycles. The summed E-state index contributed by atoms with van der Waals surface area (Å²) < 4.78 is 6.42. The van der Waals surface area contributed by atoms with E-state index >= 15 is 0 Å². The zero-order valence-electron chi connectivity index (χ0n) is 29.5. The second-order valence-electron chi connectivity index (χ2n) is 14.3. The molecule has 0 radical (unpaired) electrons. The van der Waals surface area contributed by atoms with E-state index in [1.54, 1.807) is 0 Å². The van der Waals surface area contributed by atoms with Crippen molar-refractivity contribution >= 4 is 16.1 Å². The molecule has 0 N–H and O–H groups in total. The van der Waals surface area contributed by atoms with Crippen molar-refractivity contribution in [1.82, 2.24) is 0 Å². The largest absolute Gasteiger partial charge is 0.492 e. The maximum Gasteiger partial charge on any atom is 0.146 e. The molecule has 41 heavy (non-hydrogen) atoms. The van der Waals surface area contributed by atoms with E-state index in [9.17, 15) is 0 Å². The van der Waals surface area contributed by atoms with E-state index in [4.69, 9.17) is 4.74 Å². The Morgan fingerprint density at radius 3 is 1.41 bits per heavy atom. The summed E-state index contributed by atoms with van der Waals surface area (Å²) in [6.45, 7) is 31.7. The van der Waals surface area contributed by atoms with Gasteiger partial charge >= 0.3 is 0 Å². The van der Waals surface area contributed by atoms with Crippen LogP contribution >= 0.6 is 0 Å². The Kier molecular flexibility index (Phi) is 16.8. The average Bonchev–Trinajstić information content (AvgIpc) is 2.88. The number of hydrogen-bond acceptors (Lipinski definition) is 1. The molecular weight excluding hydrogens is 529 g/mol. The van der Waals surface area contributed by atoms with Gasteiger partial charge < -0.3 is 4.74 Å². The van der Waals surface area contributed by atoms with Crippen molar-refractivity contribution in [3.05, 3.63) is 29.3 Å². The Morgan fingerprint density at radius 2 is 0.976 bits per heavy atom. The molecule has 0 amide bonds. The van der Waals surface area contributed by atoms with Gasteiger partial charge in [-0.15, -0.1) is 11.1 Å². The van der Waals surface area contributed by atoms with E-state index in [1.165, 1.54) is 44.9 Å². The highest BCUT2D eigenvalue weighted by Crippen LogP contribution is 2.42. The summed E-state index contributed by atoms with van der Waals surface area (Å²) in [4.78, 5) is 0. The molecule has 0 aliphatic carbocycles. The molecule has 0 fully saturated rings. The molecule has 1 rings (SSSR count). The van der Waals surface area contributed by atoms with Crippen LogP contribution in [0.15, 0.2) is 18.2 Å². The maximum absolute atomic E-state index is 6.42. The van der Waals surface area contributed by atoms with Crippen molar-refractivity contribution in [2.45, 2.75) is 175 Å². The summed E-state index contributed by atoms with van der Waals surface area (Å²) in [7, 11) is -3.65. The predicted octanol–water partition coefficient (Wildman–Crippen LogP) is 12.3. The summed E-state index contributed by atoms with van der Waals surface area (Å²) >= 11 is 0. The van der Waals surface area contributed by atoms with E-state index in [1.807, 2.05) is 0 Å². The quantitative estimate of drug-likeness (QED) is 0.105. The summed E-state index contributed by atoms with van der Waals surface area (Å²) in [6, 6.07) is 6.54. The fourth-order valence-electron chi connectivity index (χ4n) is 7.47. The number of hydrogen-bond donors (Lipinski definition) is 0. The van der Waals surface area contributed by atoms with Crippen molar-refractivity contribution in [3.8, 4) is 28.7 Å². The van der Waals surface area contributed by atoms with Gasteiger partial charge in [0.2, 0.25) is 0 Å². The summed E-state index contributed by atoms with van der Waals surface area (Å²) in [5.74, 6) is 8.32. The Morgan fingerprint density at radius 1 is 0.561 bits per heavy atom. The van der Waals surface area contributed by atoms with Crippen molar-refractivity contribution < 1.29 is 4.74 Å². The maximum atomic E-state index is 6.42. The minimum atomic E-state index is -1.85. The number of ether oxygens (including phenoxy) is 1. The fraction of sp³-hybridized carbons (Fsp3) is 0.737. The normalized spacial score (nSPS) is 12.4. The van der Waals surface area contributed by atoms with Gasteiger partial charge in [0.15, 0.2) is 0 Å². The third-order valence-corrected chi connectivity index (χ3v) is 22.4. The highest BCUT2D eigenvalue weighted by molar-refractivity contribution is 6.91. The molecule has 0 spiro atoms. The molecule has 0 unspecified atom stereocenters. The lowest BCUT2D eigenvalue weighted by molar-refractivity contribution is 0.303. The molecule has 0 atom stereocenters. The zero-order valence-corrected chi connectivity index (χ0v) is 31.5.